The lowest BCUT2D eigenvalue weighted by Gasteiger charge is -2.19. The Kier molecular flexibility index (Phi) is 6.54. The van der Waals surface area contributed by atoms with E-state index in [4.69, 9.17) is 5.11 Å². The van der Waals surface area contributed by atoms with Gasteiger partial charge >= 0.3 is 12.0 Å². The molecule has 116 valence electrons. The fraction of sp³-hybridized carbons (Fsp3) is 0.385. The van der Waals surface area contributed by atoms with Crippen LogP contribution in [0.4, 0.5) is 19.3 Å². The van der Waals surface area contributed by atoms with Crippen LogP contribution >= 0.6 is 0 Å². The van der Waals surface area contributed by atoms with E-state index in [1.54, 1.807) is 12.1 Å². The lowest BCUT2D eigenvalue weighted by molar-refractivity contribution is 0.0194. The predicted molar refractivity (Wildman–Crippen MR) is 72.0 cm³/mol. The summed E-state index contributed by atoms with van der Waals surface area (Å²) in [5, 5.41) is 11.5. The Morgan fingerprint density at radius 1 is 1.38 bits per heavy atom. The molecule has 2 amide bonds. The quantitative estimate of drug-likeness (QED) is 0.753. The van der Waals surface area contributed by atoms with Gasteiger partial charge in [0.15, 0.2) is 0 Å². The average molecular weight is 302 g/mol. The summed E-state index contributed by atoms with van der Waals surface area (Å²) < 4.78 is 28.2. The Hall–Kier alpha value is -2.22. The van der Waals surface area contributed by atoms with Crippen LogP contribution in [0, 0.1) is 0 Å². The van der Waals surface area contributed by atoms with E-state index in [2.05, 4.69) is 10.1 Å². The third kappa shape index (κ3) is 5.35. The van der Waals surface area contributed by atoms with E-state index < -0.39 is 25.0 Å². The fourth-order valence-electron chi connectivity index (χ4n) is 1.58. The Morgan fingerprint density at radius 3 is 2.67 bits per heavy atom. The molecule has 0 unspecified atom stereocenters. The van der Waals surface area contributed by atoms with Crippen molar-refractivity contribution in [3.05, 3.63) is 29.8 Å². The van der Waals surface area contributed by atoms with Crippen LogP contribution in [0.2, 0.25) is 0 Å². The van der Waals surface area contributed by atoms with Crippen LogP contribution in [0.1, 0.15) is 10.4 Å². The second-order valence-electron chi connectivity index (χ2n) is 4.08. The zero-order valence-corrected chi connectivity index (χ0v) is 11.4. The molecule has 0 radical (unpaired) electrons. The first-order chi connectivity index (χ1) is 9.93. The standard InChI is InChI=1S/C13H16F2N2O4/c1-17(10-5-3-2-4-9(10)12(18)19)13(20)16-6-7-21-8-11(14)15/h2-5,11H,6-8H2,1H3,(H,16,20)(H,18,19). The van der Waals surface area contributed by atoms with E-state index in [1.165, 1.54) is 19.2 Å². The second kappa shape index (κ2) is 8.15. The van der Waals surface area contributed by atoms with Gasteiger partial charge in [-0.3, -0.25) is 4.90 Å². The monoisotopic (exact) mass is 302 g/mol. The predicted octanol–water partition coefficient (Wildman–Crippen LogP) is 1.81. The van der Waals surface area contributed by atoms with Crippen LogP contribution in [0.5, 0.6) is 0 Å². The number of amides is 2. The summed E-state index contributed by atoms with van der Waals surface area (Å²) >= 11 is 0. The van der Waals surface area contributed by atoms with Crippen LogP contribution in [-0.2, 0) is 4.74 Å². The third-order valence-corrected chi connectivity index (χ3v) is 2.57. The maximum atomic E-state index is 11.8. The average Bonchev–Trinajstić information content (AvgIpc) is 2.45. The summed E-state index contributed by atoms with van der Waals surface area (Å²) in [5.74, 6) is -1.15. The van der Waals surface area contributed by atoms with Gasteiger partial charge in [-0.1, -0.05) is 12.1 Å². The molecule has 0 atom stereocenters. The smallest absolute Gasteiger partial charge is 0.337 e. The number of aromatic carboxylic acids is 1. The van der Waals surface area contributed by atoms with E-state index >= 15 is 0 Å². The van der Waals surface area contributed by atoms with Gasteiger partial charge in [-0.2, -0.15) is 0 Å². The molecular formula is C13H16F2N2O4. The van der Waals surface area contributed by atoms with Crippen LogP contribution in [0.25, 0.3) is 0 Å². The molecule has 1 aromatic carbocycles. The molecule has 21 heavy (non-hydrogen) atoms. The van der Waals surface area contributed by atoms with Crippen LogP contribution in [0.3, 0.4) is 0 Å². The number of benzene rings is 1. The molecule has 1 rings (SSSR count). The Labute approximate surface area is 120 Å². The van der Waals surface area contributed by atoms with Crippen molar-refractivity contribution in [1.82, 2.24) is 5.32 Å². The molecule has 0 saturated heterocycles. The Bertz CT molecular complexity index is 497. The molecule has 6 nitrogen and oxygen atoms in total. The summed E-state index contributed by atoms with van der Waals surface area (Å²) in [7, 11) is 1.41. The highest BCUT2D eigenvalue weighted by Crippen LogP contribution is 2.18. The summed E-state index contributed by atoms with van der Waals surface area (Å²) in [6.45, 7) is -0.691. The molecule has 1 aromatic rings. The SMILES string of the molecule is CN(C(=O)NCCOCC(F)F)c1ccccc1C(=O)O. The molecular weight excluding hydrogens is 286 g/mol. The molecule has 0 saturated carbocycles. The number of carbonyl (C=O) groups is 2. The largest absolute Gasteiger partial charge is 0.478 e. The van der Waals surface area contributed by atoms with Crippen LogP contribution < -0.4 is 10.2 Å². The van der Waals surface area contributed by atoms with Crippen LogP contribution in [0.15, 0.2) is 24.3 Å². The zero-order valence-electron chi connectivity index (χ0n) is 11.4. The van der Waals surface area contributed by atoms with Gasteiger partial charge in [0.2, 0.25) is 0 Å². The van der Waals surface area contributed by atoms with Crippen molar-refractivity contribution in [2.75, 3.05) is 31.7 Å². The van der Waals surface area contributed by atoms with E-state index in [1.807, 2.05) is 0 Å². The lowest BCUT2D eigenvalue weighted by atomic mass is 10.1. The number of anilines is 1. The van der Waals surface area contributed by atoms with Crippen molar-refractivity contribution in [3.63, 3.8) is 0 Å². The van der Waals surface area contributed by atoms with Gasteiger partial charge < -0.3 is 15.2 Å². The number of alkyl halides is 2. The van der Waals surface area contributed by atoms with Crippen molar-refractivity contribution >= 4 is 17.7 Å². The van der Waals surface area contributed by atoms with Gasteiger partial charge in [-0.15, -0.1) is 0 Å². The van der Waals surface area contributed by atoms with Crippen molar-refractivity contribution in [2.24, 2.45) is 0 Å². The van der Waals surface area contributed by atoms with E-state index in [0.717, 1.165) is 4.90 Å². The number of rotatable bonds is 7. The summed E-state index contributed by atoms with van der Waals surface area (Å²) in [6, 6.07) is 5.49. The first-order valence-electron chi connectivity index (χ1n) is 6.13. The van der Waals surface area contributed by atoms with Crippen molar-refractivity contribution in [3.8, 4) is 0 Å². The first-order valence-corrected chi connectivity index (χ1v) is 6.13. The van der Waals surface area contributed by atoms with E-state index in [9.17, 15) is 18.4 Å². The van der Waals surface area contributed by atoms with Crippen molar-refractivity contribution in [2.45, 2.75) is 6.43 Å². The maximum Gasteiger partial charge on any atom is 0.337 e. The molecule has 0 aliphatic rings. The van der Waals surface area contributed by atoms with E-state index in [0.29, 0.717) is 0 Å². The van der Waals surface area contributed by atoms with Gasteiger partial charge in [-0.25, -0.2) is 18.4 Å². The lowest BCUT2D eigenvalue weighted by Crippen LogP contribution is -2.39. The number of hydrogen-bond acceptors (Lipinski definition) is 3. The molecule has 0 fully saturated rings. The van der Waals surface area contributed by atoms with E-state index in [-0.39, 0.29) is 24.4 Å². The van der Waals surface area contributed by atoms with Gasteiger partial charge in [0.25, 0.3) is 6.43 Å². The number of urea groups is 1. The first kappa shape index (κ1) is 16.8. The topological polar surface area (TPSA) is 78.9 Å². The number of nitrogens with zero attached hydrogens (tertiary/aromatic N) is 1. The highest BCUT2D eigenvalue weighted by Gasteiger charge is 2.17. The minimum Gasteiger partial charge on any atom is -0.478 e. The molecule has 2 N–H and O–H groups in total. The zero-order chi connectivity index (χ0) is 15.8. The number of carboxylic acid groups (broad SMARTS) is 1. The number of halogens is 2. The summed E-state index contributed by atoms with van der Waals surface area (Å²) in [6.07, 6.45) is -2.55. The molecule has 8 heteroatoms. The maximum absolute atomic E-state index is 11.8. The normalized spacial score (nSPS) is 10.5. The highest BCUT2D eigenvalue weighted by molar-refractivity contribution is 6.01. The number of carbonyl (C=O) groups excluding carboxylic acids is 1. The Balaban J connectivity index is 2.53. The molecule has 0 heterocycles. The molecule has 0 aliphatic carbocycles. The summed E-state index contributed by atoms with van der Waals surface area (Å²) in [4.78, 5) is 24.0. The van der Waals surface area contributed by atoms with Gasteiger partial charge in [0.05, 0.1) is 17.9 Å². The Morgan fingerprint density at radius 2 is 2.05 bits per heavy atom. The molecule has 0 aromatic heterocycles. The second-order valence-corrected chi connectivity index (χ2v) is 4.08. The minimum absolute atomic E-state index is 0.0101. The number of nitrogens with one attached hydrogen (secondary N) is 1. The molecule has 0 spiro atoms. The minimum atomic E-state index is -2.55. The molecule has 0 aliphatic heterocycles. The highest BCUT2D eigenvalue weighted by atomic mass is 19.3. The number of para-hydroxylation sites is 1. The number of carboxylic acids is 1. The van der Waals surface area contributed by atoms with Gasteiger partial charge in [0.1, 0.15) is 6.61 Å². The van der Waals surface area contributed by atoms with Crippen molar-refractivity contribution in [1.29, 1.82) is 0 Å². The summed E-state index contributed by atoms with van der Waals surface area (Å²) in [5.41, 5.74) is 0.222. The fourth-order valence-corrected chi connectivity index (χ4v) is 1.58. The third-order valence-electron chi connectivity index (χ3n) is 2.57. The molecule has 0 bridgehead atoms. The number of hydrogen-bond donors (Lipinski definition) is 2. The van der Waals surface area contributed by atoms with Crippen molar-refractivity contribution < 1.29 is 28.2 Å². The van der Waals surface area contributed by atoms with Gasteiger partial charge in [0, 0.05) is 13.6 Å². The van der Waals surface area contributed by atoms with Gasteiger partial charge in [-0.05, 0) is 12.1 Å². The number of ether oxygens (including phenoxy) is 1. The van der Waals surface area contributed by atoms with Crippen LogP contribution in [-0.4, -0.2) is 50.3 Å².